The summed E-state index contributed by atoms with van der Waals surface area (Å²) in [6.45, 7) is 0. The molecule has 0 spiro atoms. The van der Waals surface area contributed by atoms with Gasteiger partial charge in [0.15, 0.2) is 0 Å². The number of hydrogen-bond donors (Lipinski definition) is 3. The summed E-state index contributed by atoms with van der Waals surface area (Å²) in [5, 5.41) is 8.00. The maximum absolute atomic E-state index is 13.4. The lowest BCUT2D eigenvalue weighted by Gasteiger charge is -2.15. The average molecular weight is 417 g/mol. The molecule has 0 bridgehead atoms. The Morgan fingerprint density at radius 2 is 1.57 bits per heavy atom. The number of alkyl halides is 3. The lowest BCUT2D eigenvalue weighted by molar-refractivity contribution is -0.137. The first-order valence-electron chi connectivity index (χ1n) is 8.74. The Bertz CT molecular complexity index is 1020. The monoisotopic (exact) mass is 417 g/mol. The smallest absolute Gasteiger partial charge is 0.421 e. The second-order valence-electron chi connectivity index (χ2n) is 6.09. The third-order valence-corrected chi connectivity index (χ3v) is 4.08. The number of anilines is 4. The van der Waals surface area contributed by atoms with Gasteiger partial charge in [-0.2, -0.15) is 18.2 Å². The Morgan fingerprint density at radius 1 is 0.967 bits per heavy atom. The highest BCUT2D eigenvalue weighted by molar-refractivity contribution is 5.94. The van der Waals surface area contributed by atoms with Crippen molar-refractivity contribution in [2.24, 2.45) is 0 Å². The maximum Gasteiger partial charge on any atom is 0.421 e. The third-order valence-electron chi connectivity index (χ3n) is 4.08. The van der Waals surface area contributed by atoms with Crippen molar-refractivity contribution in [3.63, 3.8) is 0 Å². The lowest BCUT2D eigenvalue weighted by atomic mass is 10.2. The molecule has 3 N–H and O–H groups in total. The molecule has 0 unspecified atom stereocenters. The average Bonchev–Trinajstić information content (AvgIpc) is 2.73. The van der Waals surface area contributed by atoms with Gasteiger partial charge in [0.25, 0.3) is 5.91 Å². The van der Waals surface area contributed by atoms with Crippen molar-refractivity contribution in [2.75, 3.05) is 24.8 Å². The van der Waals surface area contributed by atoms with E-state index in [4.69, 9.17) is 4.74 Å². The minimum absolute atomic E-state index is 0.0355. The van der Waals surface area contributed by atoms with E-state index >= 15 is 0 Å². The van der Waals surface area contributed by atoms with Crippen LogP contribution in [0.2, 0.25) is 0 Å². The first kappa shape index (κ1) is 20.9. The van der Waals surface area contributed by atoms with Gasteiger partial charge in [0.2, 0.25) is 5.95 Å². The van der Waals surface area contributed by atoms with Crippen LogP contribution in [0, 0.1) is 0 Å². The van der Waals surface area contributed by atoms with Crippen LogP contribution >= 0.6 is 0 Å². The molecule has 0 saturated heterocycles. The molecule has 1 amide bonds. The Labute approximate surface area is 170 Å². The van der Waals surface area contributed by atoms with Crippen LogP contribution in [0.4, 0.5) is 36.3 Å². The van der Waals surface area contributed by atoms with Crippen LogP contribution in [0.1, 0.15) is 15.9 Å². The lowest BCUT2D eigenvalue weighted by Crippen LogP contribution is -2.17. The number of rotatable bonds is 6. The van der Waals surface area contributed by atoms with Crippen LogP contribution in [0.25, 0.3) is 0 Å². The summed E-state index contributed by atoms with van der Waals surface area (Å²) in [6, 6.07) is 12.7. The van der Waals surface area contributed by atoms with Crippen molar-refractivity contribution in [1.82, 2.24) is 15.3 Å². The van der Waals surface area contributed by atoms with Crippen LogP contribution in [-0.4, -0.2) is 30.0 Å². The van der Waals surface area contributed by atoms with Crippen molar-refractivity contribution in [3.05, 3.63) is 65.9 Å². The summed E-state index contributed by atoms with van der Waals surface area (Å²) < 4.78 is 45.2. The number of aromatic nitrogens is 2. The molecule has 1 heterocycles. The number of benzene rings is 2. The molecule has 3 aromatic rings. The normalized spacial score (nSPS) is 11.0. The maximum atomic E-state index is 13.4. The molecule has 0 aliphatic rings. The van der Waals surface area contributed by atoms with Crippen LogP contribution in [0.5, 0.6) is 5.75 Å². The molecule has 10 heteroatoms. The fourth-order valence-corrected chi connectivity index (χ4v) is 2.53. The van der Waals surface area contributed by atoms with Crippen molar-refractivity contribution in [3.8, 4) is 5.75 Å². The van der Waals surface area contributed by atoms with Gasteiger partial charge in [-0.3, -0.25) is 4.79 Å². The van der Waals surface area contributed by atoms with E-state index in [1.165, 1.54) is 14.2 Å². The molecule has 156 valence electrons. The number of methoxy groups -OCH3 is 1. The minimum atomic E-state index is -4.64. The number of ether oxygens (including phenoxy) is 1. The molecule has 0 radical (unpaired) electrons. The number of carbonyl (C=O) groups excluding carboxylic acids is 1. The Morgan fingerprint density at radius 3 is 2.13 bits per heavy atom. The Hall–Kier alpha value is -3.82. The van der Waals surface area contributed by atoms with Gasteiger partial charge in [-0.05, 0) is 48.5 Å². The highest BCUT2D eigenvalue weighted by Gasteiger charge is 2.35. The number of amides is 1. The number of halogens is 3. The topological polar surface area (TPSA) is 88.2 Å². The third kappa shape index (κ3) is 4.96. The summed E-state index contributed by atoms with van der Waals surface area (Å²) >= 11 is 0. The van der Waals surface area contributed by atoms with E-state index in [0.717, 1.165) is 0 Å². The molecule has 1 aromatic heterocycles. The SMILES string of the molecule is CNC(=O)c1ccc(Nc2ncc(C(F)(F)F)c(Nc3ccc(OC)cc3)n2)cc1. The first-order valence-corrected chi connectivity index (χ1v) is 8.74. The molecule has 7 nitrogen and oxygen atoms in total. The van der Waals surface area contributed by atoms with Crippen LogP contribution in [0.15, 0.2) is 54.7 Å². The summed E-state index contributed by atoms with van der Waals surface area (Å²) in [4.78, 5) is 19.3. The summed E-state index contributed by atoms with van der Waals surface area (Å²) in [5.41, 5.74) is 0.357. The van der Waals surface area contributed by atoms with Gasteiger partial charge in [-0.15, -0.1) is 0 Å². The van der Waals surface area contributed by atoms with Gasteiger partial charge in [0, 0.05) is 30.2 Å². The van der Waals surface area contributed by atoms with Gasteiger partial charge in [0.05, 0.1) is 7.11 Å². The van der Waals surface area contributed by atoms with E-state index in [-0.39, 0.29) is 11.9 Å². The largest absolute Gasteiger partial charge is 0.497 e. The summed E-state index contributed by atoms with van der Waals surface area (Å²) in [6.07, 6.45) is -3.93. The fraction of sp³-hybridized carbons (Fsp3) is 0.150. The number of carbonyl (C=O) groups is 1. The van der Waals surface area contributed by atoms with Gasteiger partial charge < -0.3 is 20.7 Å². The van der Waals surface area contributed by atoms with Crippen LogP contribution in [-0.2, 0) is 6.18 Å². The second-order valence-corrected chi connectivity index (χ2v) is 6.09. The van der Waals surface area contributed by atoms with Gasteiger partial charge >= 0.3 is 6.18 Å². The predicted molar refractivity (Wildman–Crippen MR) is 106 cm³/mol. The van der Waals surface area contributed by atoms with Crippen molar-refractivity contribution in [2.45, 2.75) is 6.18 Å². The molecule has 0 fully saturated rings. The fourth-order valence-electron chi connectivity index (χ4n) is 2.53. The van der Waals surface area contributed by atoms with Crippen molar-refractivity contribution in [1.29, 1.82) is 0 Å². The summed E-state index contributed by atoms with van der Waals surface area (Å²) in [5.74, 6) is -0.112. The van der Waals surface area contributed by atoms with E-state index < -0.39 is 17.6 Å². The minimum Gasteiger partial charge on any atom is -0.497 e. The molecular weight excluding hydrogens is 399 g/mol. The highest BCUT2D eigenvalue weighted by Crippen LogP contribution is 2.35. The molecule has 3 rings (SSSR count). The standard InChI is InChI=1S/C20H18F3N5O2/c1-24-18(29)12-3-5-14(6-4-12)27-19-25-11-16(20(21,22)23)17(28-19)26-13-7-9-15(30-2)10-8-13/h3-11H,1-2H3,(H,24,29)(H2,25,26,27,28). The van der Waals surface area contributed by atoms with E-state index in [1.807, 2.05) is 0 Å². The van der Waals surface area contributed by atoms with E-state index in [2.05, 4.69) is 25.9 Å². The van der Waals surface area contributed by atoms with Crippen molar-refractivity contribution < 1.29 is 22.7 Å². The number of nitrogens with zero attached hydrogens (tertiary/aromatic N) is 2. The molecule has 0 aliphatic carbocycles. The summed E-state index contributed by atoms with van der Waals surface area (Å²) in [7, 11) is 3.01. The van der Waals surface area contributed by atoms with Crippen LogP contribution in [0.3, 0.4) is 0 Å². The van der Waals surface area contributed by atoms with Gasteiger partial charge in [0.1, 0.15) is 17.1 Å². The number of nitrogens with one attached hydrogen (secondary N) is 3. The molecule has 30 heavy (non-hydrogen) atoms. The second kappa shape index (κ2) is 8.68. The zero-order valence-corrected chi connectivity index (χ0v) is 16.0. The molecule has 0 atom stereocenters. The van der Waals surface area contributed by atoms with Crippen LogP contribution < -0.4 is 20.7 Å². The zero-order chi connectivity index (χ0) is 21.7. The van der Waals surface area contributed by atoms with Crippen molar-refractivity contribution >= 4 is 29.0 Å². The first-order chi connectivity index (χ1) is 14.3. The van der Waals surface area contributed by atoms with E-state index in [0.29, 0.717) is 28.9 Å². The quantitative estimate of drug-likeness (QED) is 0.553. The molecule has 0 saturated carbocycles. The van der Waals surface area contributed by atoms with Gasteiger partial charge in [-0.25, -0.2) is 4.98 Å². The Kier molecular flexibility index (Phi) is 6.05. The Balaban J connectivity index is 1.87. The number of hydrogen-bond acceptors (Lipinski definition) is 6. The van der Waals surface area contributed by atoms with Gasteiger partial charge in [-0.1, -0.05) is 0 Å². The predicted octanol–water partition coefficient (Wildman–Crippen LogP) is 4.35. The zero-order valence-electron chi connectivity index (χ0n) is 16.0. The molecular formula is C20H18F3N5O2. The van der Waals surface area contributed by atoms with E-state index in [1.54, 1.807) is 48.5 Å². The van der Waals surface area contributed by atoms with E-state index in [9.17, 15) is 18.0 Å². The molecule has 2 aromatic carbocycles. The molecule has 0 aliphatic heterocycles. The highest BCUT2D eigenvalue weighted by atomic mass is 19.4.